The zero-order valence-corrected chi connectivity index (χ0v) is 13.4. The van der Waals surface area contributed by atoms with Gasteiger partial charge in [-0.2, -0.15) is 3.89 Å². The van der Waals surface area contributed by atoms with Gasteiger partial charge in [-0.25, -0.2) is 9.18 Å². The number of hydrogen-bond acceptors (Lipinski definition) is 5. The molecule has 4 nitrogen and oxygen atoms in total. The Morgan fingerprint density at radius 2 is 2.36 bits per heavy atom. The van der Waals surface area contributed by atoms with E-state index in [1.807, 2.05) is 0 Å². The largest absolute Gasteiger partial charge is 0.492 e. The maximum Gasteiger partial charge on any atom is 0.339 e. The first kappa shape index (κ1) is 17.3. The van der Waals surface area contributed by atoms with Gasteiger partial charge in [0.25, 0.3) is 0 Å². The second kappa shape index (κ2) is 7.99. The Kier molecular flexibility index (Phi) is 6.28. The molecule has 0 fully saturated rings. The summed E-state index contributed by atoms with van der Waals surface area (Å²) in [7, 11) is 0. The number of ether oxygens (including phenoxy) is 3. The SMILES string of the molecule is CCOC(=O)c1cc(SF)c2c(c1Cl)C(OCCF)CCO2. The highest BCUT2D eigenvalue weighted by molar-refractivity contribution is 7.94. The molecular weight excluding hydrogens is 338 g/mol. The molecule has 1 unspecified atom stereocenters. The van der Waals surface area contributed by atoms with E-state index in [-0.39, 0.29) is 46.6 Å². The van der Waals surface area contributed by atoms with Gasteiger partial charge in [0.05, 0.1) is 53.6 Å². The molecule has 0 bridgehead atoms. The Hall–Kier alpha value is -1.05. The Labute approximate surface area is 136 Å². The molecule has 0 N–H and O–H groups in total. The van der Waals surface area contributed by atoms with Crippen molar-refractivity contribution in [3.63, 3.8) is 0 Å². The first-order valence-corrected chi connectivity index (χ1v) is 7.85. The van der Waals surface area contributed by atoms with Crippen molar-refractivity contribution < 1.29 is 27.3 Å². The fraction of sp³-hybridized carbons (Fsp3) is 0.500. The highest BCUT2D eigenvalue weighted by atomic mass is 35.5. The van der Waals surface area contributed by atoms with Crippen molar-refractivity contribution in [3.8, 4) is 5.75 Å². The van der Waals surface area contributed by atoms with Crippen molar-refractivity contribution in [3.05, 3.63) is 22.2 Å². The minimum atomic E-state index is -0.652. The molecule has 1 atom stereocenters. The number of fused-ring (bicyclic) bond motifs is 1. The number of alkyl halides is 1. The predicted molar refractivity (Wildman–Crippen MR) is 79.2 cm³/mol. The Morgan fingerprint density at radius 3 is 3.00 bits per heavy atom. The van der Waals surface area contributed by atoms with Crippen LogP contribution in [0.1, 0.15) is 35.4 Å². The Bertz CT molecular complexity index is 556. The van der Waals surface area contributed by atoms with Gasteiger partial charge >= 0.3 is 5.97 Å². The molecule has 0 radical (unpaired) electrons. The number of carbonyl (C=O) groups is 1. The molecule has 0 spiro atoms. The quantitative estimate of drug-likeness (QED) is 0.714. The minimum absolute atomic E-state index is 0.0433. The third kappa shape index (κ3) is 3.47. The van der Waals surface area contributed by atoms with E-state index in [0.717, 1.165) is 0 Å². The summed E-state index contributed by atoms with van der Waals surface area (Å²) in [5.41, 5.74) is 0.411. The molecule has 0 saturated heterocycles. The maximum absolute atomic E-state index is 13.2. The van der Waals surface area contributed by atoms with Crippen LogP contribution in [0.5, 0.6) is 5.75 Å². The van der Waals surface area contributed by atoms with Gasteiger partial charge in [0.15, 0.2) is 0 Å². The van der Waals surface area contributed by atoms with E-state index in [0.29, 0.717) is 18.6 Å². The van der Waals surface area contributed by atoms with Crippen LogP contribution in [0.25, 0.3) is 0 Å². The molecule has 122 valence electrons. The minimum Gasteiger partial charge on any atom is -0.492 e. The van der Waals surface area contributed by atoms with Gasteiger partial charge in [-0.3, -0.25) is 0 Å². The summed E-state index contributed by atoms with van der Waals surface area (Å²) in [6.45, 7) is 1.37. The normalized spacial score (nSPS) is 16.8. The Morgan fingerprint density at radius 1 is 1.59 bits per heavy atom. The average Bonchev–Trinajstić information content (AvgIpc) is 2.53. The molecule has 1 aromatic rings. The molecule has 1 aliphatic heterocycles. The zero-order valence-electron chi connectivity index (χ0n) is 11.9. The van der Waals surface area contributed by atoms with Crippen molar-refractivity contribution >= 4 is 29.7 Å². The third-order valence-corrected chi connectivity index (χ3v) is 4.02. The monoisotopic (exact) mass is 352 g/mol. The topological polar surface area (TPSA) is 44.8 Å². The molecular formula is C14H15ClF2O4S. The van der Waals surface area contributed by atoms with E-state index in [4.69, 9.17) is 25.8 Å². The molecule has 8 heteroatoms. The number of esters is 1. The van der Waals surface area contributed by atoms with Crippen molar-refractivity contribution in [1.29, 1.82) is 0 Å². The van der Waals surface area contributed by atoms with Crippen LogP contribution in [0.4, 0.5) is 8.28 Å². The summed E-state index contributed by atoms with van der Waals surface area (Å²) in [6, 6.07) is 1.29. The molecule has 22 heavy (non-hydrogen) atoms. The number of benzene rings is 1. The molecule has 1 heterocycles. The second-order valence-electron chi connectivity index (χ2n) is 4.46. The van der Waals surface area contributed by atoms with Gasteiger partial charge in [-0.05, 0) is 13.0 Å². The Balaban J connectivity index is 2.50. The van der Waals surface area contributed by atoms with E-state index < -0.39 is 18.7 Å². The second-order valence-corrected chi connectivity index (χ2v) is 5.43. The third-order valence-electron chi connectivity index (χ3n) is 3.14. The standard InChI is InChI=1S/C14H15ClF2O4S/c1-2-19-14(18)8-7-10(22-17)13-11(12(8)15)9(3-5-21-13)20-6-4-16/h7,9H,2-6H2,1H3. The molecule has 1 aromatic carbocycles. The number of carbonyl (C=O) groups excluding carboxylic acids is 1. The van der Waals surface area contributed by atoms with Crippen LogP contribution in [0.3, 0.4) is 0 Å². The van der Waals surface area contributed by atoms with Crippen LogP contribution >= 0.6 is 23.7 Å². The molecule has 2 rings (SSSR count). The van der Waals surface area contributed by atoms with Crippen LogP contribution < -0.4 is 4.74 Å². The molecule has 0 amide bonds. The first-order valence-electron chi connectivity index (χ1n) is 6.76. The first-order chi connectivity index (χ1) is 10.6. The lowest BCUT2D eigenvalue weighted by atomic mass is 10.00. The molecule has 0 aliphatic carbocycles. The van der Waals surface area contributed by atoms with E-state index in [1.165, 1.54) is 6.07 Å². The van der Waals surface area contributed by atoms with Crippen molar-refractivity contribution in [2.24, 2.45) is 0 Å². The van der Waals surface area contributed by atoms with Crippen molar-refractivity contribution in [2.75, 3.05) is 26.5 Å². The number of rotatable bonds is 6. The molecule has 0 saturated carbocycles. The van der Waals surface area contributed by atoms with Gasteiger partial charge in [-0.1, -0.05) is 11.6 Å². The van der Waals surface area contributed by atoms with Gasteiger partial charge < -0.3 is 14.2 Å². The smallest absolute Gasteiger partial charge is 0.339 e. The fourth-order valence-electron chi connectivity index (χ4n) is 2.25. The summed E-state index contributed by atoms with van der Waals surface area (Å²) in [5, 5.41) is 0.0924. The van der Waals surface area contributed by atoms with E-state index in [9.17, 15) is 13.1 Å². The average molecular weight is 353 g/mol. The predicted octanol–water partition coefficient (Wildman–Crippen LogP) is 4.30. The zero-order chi connectivity index (χ0) is 16.1. The summed E-state index contributed by atoms with van der Waals surface area (Å²) >= 11 is 6.22. The van der Waals surface area contributed by atoms with Crippen LogP contribution in [0.2, 0.25) is 5.02 Å². The van der Waals surface area contributed by atoms with Gasteiger partial charge in [0.2, 0.25) is 0 Å². The van der Waals surface area contributed by atoms with Gasteiger partial charge in [0, 0.05) is 12.0 Å². The lowest BCUT2D eigenvalue weighted by Gasteiger charge is -2.28. The summed E-state index contributed by atoms with van der Waals surface area (Å²) < 4.78 is 41.3. The van der Waals surface area contributed by atoms with Crippen LogP contribution in [0.15, 0.2) is 11.0 Å². The lowest BCUT2D eigenvalue weighted by molar-refractivity contribution is 0.0164. The number of hydrogen-bond donors (Lipinski definition) is 0. The van der Waals surface area contributed by atoms with Crippen LogP contribution in [-0.4, -0.2) is 32.5 Å². The molecule has 1 aliphatic rings. The van der Waals surface area contributed by atoms with E-state index in [1.54, 1.807) is 6.92 Å². The highest BCUT2D eigenvalue weighted by Gasteiger charge is 2.31. The fourth-order valence-corrected chi connectivity index (χ4v) is 3.00. The highest BCUT2D eigenvalue weighted by Crippen LogP contribution is 2.47. The summed E-state index contributed by atoms with van der Waals surface area (Å²) in [6.07, 6.45) is -0.109. The summed E-state index contributed by atoms with van der Waals surface area (Å²) in [5.74, 6) is -0.416. The maximum atomic E-state index is 13.2. The van der Waals surface area contributed by atoms with Crippen molar-refractivity contribution in [1.82, 2.24) is 0 Å². The van der Waals surface area contributed by atoms with Gasteiger partial charge in [-0.15, -0.1) is 0 Å². The number of halogens is 3. The lowest BCUT2D eigenvalue weighted by Crippen LogP contribution is -2.20. The van der Waals surface area contributed by atoms with E-state index >= 15 is 0 Å². The summed E-state index contributed by atoms with van der Waals surface area (Å²) in [4.78, 5) is 12.1. The van der Waals surface area contributed by atoms with Crippen LogP contribution in [0, 0.1) is 0 Å². The van der Waals surface area contributed by atoms with Crippen molar-refractivity contribution in [2.45, 2.75) is 24.3 Å². The van der Waals surface area contributed by atoms with Crippen LogP contribution in [-0.2, 0) is 9.47 Å². The molecule has 0 aromatic heterocycles. The van der Waals surface area contributed by atoms with E-state index in [2.05, 4.69) is 0 Å². The van der Waals surface area contributed by atoms with Gasteiger partial charge in [0.1, 0.15) is 12.4 Å².